The quantitative estimate of drug-likeness (QED) is 0.843. The number of carbonyl (C=O) groups is 2. The number of nitrogens with zero attached hydrogens (tertiary/aromatic N) is 2. The highest BCUT2D eigenvalue weighted by Gasteiger charge is 2.41. The number of piperidine rings is 1. The summed E-state index contributed by atoms with van der Waals surface area (Å²) in [5.41, 5.74) is 0. The van der Waals surface area contributed by atoms with E-state index in [-0.39, 0.29) is 11.8 Å². The van der Waals surface area contributed by atoms with E-state index in [1.807, 2.05) is 35.2 Å². The molecule has 1 aromatic carbocycles. The monoisotopic (exact) mass is 385 g/mol. The number of hydrogen-bond acceptors (Lipinski definition) is 4. The Hall–Kier alpha value is -2.08. The molecule has 6 nitrogen and oxygen atoms in total. The average Bonchev–Trinajstić information content (AvgIpc) is 3.00. The van der Waals surface area contributed by atoms with Crippen molar-refractivity contribution in [2.45, 2.75) is 50.6 Å². The fourth-order valence-corrected chi connectivity index (χ4v) is 4.86. The maximum Gasteiger partial charge on any atom is 0.226 e. The first-order valence-corrected chi connectivity index (χ1v) is 10.7. The Morgan fingerprint density at radius 3 is 2.54 bits per heavy atom. The lowest BCUT2D eigenvalue weighted by Crippen LogP contribution is -2.49. The summed E-state index contributed by atoms with van der Waals surface area (Å²) in [6.45, 7) is 3.71. The number of likely N-dealkylation sites (tertiary alicyclic amines) is 1. The molecule has 3 heterocycles. The summed E-state index contributed by atoms with van der Waals surface area (Å²) < 4.78 is 5.63. The number of rotatable bonds is 5. The van der Waals surface area contributed by atoms with Crippen LogP contribution in [-0.2, 0) is 9.59 Å². The molecular formula is C22H31N3O3. The van der Waals surface area contributed by atoms with Gasteiger partial charge in [0.15, 0.2) is 0 Å². The van der Waals surface area contributed by atoms with Crippen molar-refractivity contribution in [1.29, 1.82) is 0 Å². The largest absolute Gasteiger partial charge is 0.493 e. The Kier molecular flexibility index (Phi) is 6.15. The van der Waals surface area contributed by atoms with Crippen molar-refractivity contribution in [3.63, 3.8) is 0 Å². The van der Waals surface area contributed by atoms with Crippen molar-refractivity contribution in [2.24, 2.45) is 5.92 Å². The molecule has 0 spiro atoms. The van der Waals surface area contributed by atoms with E-state index in [0.29, 0.717) is 44.1 Å². The van der Waals surface area contributed by atoms with E-state index in [4.69, 9.17) is 4.74 Å². The second-order valence-corrected chi connectivity index (χ2v) is 8.19. The van der Waals surface area contributed by atoms with Crippen LogP contribution in [0.2, 0.25) is 0 Å². The van der Waals surface area contributed by atoms with Crippen molar-refractivity contribution < 1.29 is 14.3 Å². The molecule has 0 aliphatic carbocycles. The minimum Gasteiger partial charge on any atom is -0.493 e. The van der Waals surface area contributed by atoms with Crippen LogP contribution in [0.1, 0.15) is 38.5 Å². The van der Waals surface area contributed by atoms with Crippen LogP contribution in [-0.4, -0.2) is 66.5 Å². The Bertz CT molecular complexity index is 659. The van der Waals surface area contributed by atoms with Gasteiger partial charge < -0.3 is 19.9 Å². The SMILES string of the molecule is O=C(CCOc1ccccc1)N1CCC(C(=O)N2C3CCNCC2CC3)CC1. The van der Waals surface area contributed by atoms with Gasteiger partial charge in [0.05, 0.1) is 13.0 Å². The molecule has 2 bridgehead atoms. The molecule has 2 amide bonds. The van der Waals surface area contributed by atoms with Crippen molar-refractivity contribution in [3.05, 3.63) is 30.3 Å². The Balaban J connectivity index is 1.23. The van der Waals surface area contributed by atoms with Gasteiger partial charge in [-0.15, -0.1) is 0 Å². The molecule has 1 N–H and O–H groups in total. The van der Waals surface area contributed by atoms with Crippen LogP contribution < -0.4 is 10.1 Å². The molecule has 3 saturated heterocycles. The topological polar surface area (TPSA) is 61.9 Å². The van der Waals surface area contributed by atoms with Crippen LogP contribution in [0.4, 0.5) is 0 Å². The number of ether oxygens (including phenoxy) is 1. The Labute approximate surface area is 167 Å². The number of amides is 2. The number of benzene rings is 1. The lowest BCUT2D eigenvalue weighted by atomic mass is 9.94. The number of hydrogen-bond donors (Lipinski definition) is 1. The van der Waals surface area contributed by atoms with Crippen molar-refractivity contribution in [1.82, 2.24) is 15.1 Å². The minimum absolute atomic E-state index is 0.0748. The van der Waals surface area contributed by atoms with Crippen LogP contribution in [0, 0.1) is 5.92 Å². The van der Waals surface area contributed by atoms with Crippen LogP contribution in [0.25, 0.3) is 0 Å². The van der Waals surface area contributed by atoms with E-state index in [2.05, 4.69) is 10.2 Å². The number of nitrogens with one attached hydrogen (secondary N) is 1. The maximum atomic E-state index is 13.1. The van der Waals surface area contributed by atoms with Crippen LogP contribution in [0.3, 0.4) is 0 Å². The van der Waals surface area contributed by atoms with Crippen LogP contribution in [0.15, 0.2) is 30.3 Å². The summed E-state index contributed by atoms with van der Waals surface area (Å²) in [5, 5.41) is 3.46. The normalized spacial score (nSPS) is 25.4. The second-order valence-electron chi connectivity index (χ2n) is 8.19. The fraction of sp³-hybridized carbons (Fsp3) is 0.636. The third kappa shape index (κ3) is 4.32. The zero-order chi connectivity index (χ0) is 19.3. The van der Waals surface area contributed by atoms with Crippen molar-refractivity contribution >= 4 is 11.8 Å². The molecule has 3 fully saturated rings. The van der Waals surface area contributed by atoms with E-state index < -0.39 is 0 Å². The van der Waals surface area contributed by atoms with Gasteiger partial charge in [0.2, 0.25) is 11.8 Å². The predicted molar refractivity (Wildman–Crippen MR) is 107 cm³/mol. The second kappa shape index (κ2) is 8.95. The van der Waals surface area contributed by atoms with Crippen molar-refractivity contribution in [2.75, 3.05) is 32.8 Å². The summed E-state index contributed by atoms with van der Waals surface area (Å²) >= 11 is 0. The van der Waals surface area contributed by atoms with Gasteiger partial charge in [-0.3, -0.25) is 9.59 Å². The molecule has 3 aliphatic rings. The smallest absolute Gasteiger partial charge is 0.226 e. The van der Waals surface area contributed by atoms with Gasteiger partial charge in [-0.25, -0.2) is 0 Å². The van der Waals surface area contributed by atoms with E-state index in [1.54, 1.807) is 0 Å². The van der Waals surface area contributed by atoms with Gasteiger partial charge in [0, 0.05) is 37.6 Å². The molecule has 2 unspecified atom stereocenters. The van der Waals surface area contributed by atoms with E-state index >= 15 is 0 Å². The van der Waals surface area contributed by atoms with Crippen molar-refractivity contribution in [3.8, 4) is 5.75 Å². The number of fused-ring (bicyclic) bond motifs is 2. The maximum absolute atomic E-state index is 13.1. The molecule has 4 rings (SSSR count). The zero-order valence-corrected chi connectivity index (χ0v) is 16.5. The average molecular weight is 386 g/mol. The molecule has 0 aromatic heterocycles. The third-order valence-corrected chi connectivity index (χ3v) is 6.43. The van der Waals surface area contributed by atoms with Gasteiger partial charge in [-0.1, -0.05) is 18.2 Å². The molecule has 0 radical (unpaired) electrons. The highest BCUT2D eigenvalue weighted by atomic mass is 16.5. The molecule has 28 heavy (non-hydrogen) atoms. The molecule has 3 aliphatic heterocycles. The van der Waals surface area contributed by atoms with E-state index in [1.165, 1.54) is 0 Å². The zero-order valence-electron chi connectivity index (χ0n) is 16.5. The van der Waals surface area contributed by atoms with E-state index in [9.17, 15) is 9.59 Å². The Morgan fingerprint density at radius 1 is 1.00 bits per heavy atom. The molecule has 6 heteroatoms. The first-order valence-electron chi connectivity index (χ1n) is 10.7. The summed E-state index contributed by atoms with van der Waals surface area (Å²) in [5.74, 6) is 1.32. The summed E-state index contributed by atoms with van der Waals surface area (Å²) in [4.78, 5) is 29.7. The molecular weight excluding hydrogens is 354 g/mol. The lowest BCUT2D eigenvalue weighted by molar-refractivity contribution is -0.143. The highest BCUT2D eigenvalue weighted by molar-refractivity contribution is 5.81. The lowest BCUT2D eigenvalue weighted by Gasteiger charge is -2.36. The van der Waals surface area contributed by atoms with Gasteiger partial charge >= 0.3 is 0 Å². The first kappa shape index (κ1) is 19.2. The third-order valence-electron chi connectivity index (χ3n) is 6.43. The first-order chi connectivity index (χ1) is 13.7. The number of para-hydroxylation sites is 1. The highest BCUT2D eigenvalue weighted by Crippen LogP contribution is 2.31. The molecule has 2 atom stereocenters. The van der Waals surface area contributed by atoms with Crippen LogP contribution in [0.5, 0.6) is 5.75 Å². The summed E-state index contributed by atoms with van der Waals surface area (Å²) in [6, 6.07) is 10.4. The van der Waals surface area contributed by atoms with Gasteiger partial charge in [0.25, 0.3) is 0 Å². The van der Waals surface area contributed by atoms with Gasteiger partial charge in [-0.2, -0.15) is 0 Å². The predicted octanol–water partition coefficient (Wildman–Crippen LogP) is 2.05. The minimum atomic E-state index is 0.0748. The van der Waals surface area contributed by atoms with E-state index in [0.717, 1.165) is 50.9 Å². The summed E-state index contributed by atoms with van der Waals surface area (Å²) in [6.07, 6.45) is 5.30. The number of carbonyl (C=O) groups excluding carboxylic acids is 2. The van der Waals surface area contributed by atoms with Gasteiger partial charge in [0.1, 0.15) is 5.75 Å². The Morgan fingerprint density at radius 2 is 1.75 bits per heavy atom. The summed E-state index contributed by atoms with van der Waals surface area (Å²) in [7, 11) is 0. The van der Waals surface area contributed by atoms with Crippen LogP contribution >= 0.6 is 0 Å². The fourth-order valence-electron chi connectivity index (χ4n) is 4.86. The molecule has 0 saturated carbocycles. The molecule has 1 aromatic rings. The molecule has 152 valence electrons. The van der Waals surface area contributed by atoms with Gasteiger partial charge in [-0.05, 0) is 50.8 Å². The standard InChI is InChI=1S/C22H31N3O3/c26-21(11-15-28-20-4-2-1-3-5-20)24-13-9-17(10-14-24)22(27)25-18-6-7-19(25)16-23-12-8-18/h1-5,17-19,23H,6-16H2.